The Morgan fingerprint density at radius 1 is 1.38 bits per heavy atom. The molecule has 0 saturated heterocycles. The average Bonchev–Trinajstić information content (AvgIpc) is 2.27. The van der Waals surface area contributed by atoms with Crippen LogP contribution in [0.15, 0.2) is 18.2 Å². The number of benzene rings is 1. The van der Waals surface area contributed by atoms with Gasteiger partial charge in [-0.25, -0.2) is 0 Å². The quantitative estimate of drug-likeness (QED) is 0.711. The van der Waals surface area contributed by atoms with E-state index in [0.29, 0.717) is 24.5 Å². The van der Waals surface area contributed by atoms with Crippen molar-refractivity contribution in [3.05, 3.63) is 23.8 Å². The summed E-state index contributed by atoms with van der Waals surface area (Å²) in [7, 11) is 1.57. The molecular weight excluding hydrogens is 228 g/mol. The molecule has 0 saturated carbocycles. The van der Waals surface area contributed by atoms with Gasteiger partial charge < -0.3 is 14.0 Å². The van der Waals surface area contributed by atoms with Gasteiger partial charge in [-0.2, -0.15) is 0 Å². The minimum absolute atomic E-state index is 0.123. The SMILES string of the molecule is CCOc1cc(CCS(=O)[O-])ccc1OC. The fourth-order valence-corrected chi connectivity index (χ4v) is 1.75. The first-order valence-corrected chi connectivity index (χ1v) is 6.27. The molecule has 90 valence electrons. The van der Waals surface area contributed by atoms with Crippen LogP contribution in [0.1, 0.15) is 12.5 Å². The summed E-state index contributed by atoms with van der Waals surface area (Å²) in [5.74, 6) is 1.44. The lowest BCUT2D eigenvalue weighted by molar-refractivity contribution is 0.310. The lowest BCUT2D eigenvalue weighted by atomic mass is 10.1. The van der Waals surface area contributed by atoms with Crippen LogP contribution in [0.25, 0.3) is 0 Å². The Labute approximate surface area is 97.9 Å². The minimum atomic E-state index is -2.01. The van der Waals surface area contributed by atoms with Gasteiger partial charge in [0.25, 0.3) is 0 Å². The number of methoxy groups -OCH3 is 1. The normalized spacial score (nSPS) is 12.2. The summed E-state index contributed by atoms with van der Waals surface area (Å²) < 4.78 is 31.4. The molecule has 0 aliphatic carbocycles. The van der Waals surface area contributed by atoms with Crippen LogP contribution in [-0.4, -0.2) is 28.2 Å². The smallest absolute Gasteiger partial charge is 0.161 e. The Kier molecular flexibility index (Phi) is 5.28. The van der Waals surface area contributed by atoms with Gasteiger partial charge in [-0.3, -0.25) is 4.21 Å². The van der Waals surface area contributed by atoms with Crippen LogP contribution in [-0.2, 0) is 17.5 Å². The first-order valence-electron chi connectivity index (χ1n) is 5.03. The second-order valence-electron chi connectivity index (χ2n) is 3.18. The maximum absolute atomic E-state index is 10.5. The molecule has 0 aliphatic rings. The van der Waals surface area contributed by atoms with Gasteiger partial charge in [-0.15, -0.1) is 0 Å². The Morgan fingerprint density at radius 2 is 2.12 bits per heavy atom. The number of hydrogen-bond donors (Lipinski definition) is 0. The highest BCUT2D eigenvalue weighted by atomic mass is 32.2. The second kappa shape index (κ2) is 6.50. The molecule has 5 heteroatoms. The van der Waals surface area contributed by atoms with E-state index in [9.17, 15) is 8.76 Å². The summed E-state index contributed by atoms with van der Waals surface area (Å²) in [5.41, 5.74) is 0.924. The highest BCUT2D eigenvalue weighted by molar-refractivity contribution is 7.79. The summed E-state index contributed by atoms with van der Waals surface area (Å²) in [6, 6.07) is 5.44. The van der Waals surface area contributed by atoms with Crippen molar-refractivity contribution in [2.24, 2.45) is 0 Å². The molecule has 0 bridgehead atoms. The number of ether oxygens (including phenoxy) is 2. The van der Waals surface area contributed by atoms with Crippen molar-refractivity contribution in [1.29, 1.82) is 0 Å². The van der Waals surface area contributed by atoms with E-state index >= 15 is 0 Å². The first kappa shape index (κ1) is 13.0. The molecule has 16 heavy (non-hydrogen) atoms. The molecule has 0 spiro atoms. The van der Waals surface area contributed by atoms with Gasteiger partial charge in [0.2, 0.25) is 0 Å². The van der Waals surface area contributed by atoms with E-state index in [-0.39, 0.29) is 5.75 Å². The van der Waals surface area contributed by atoms with Gasteiger partial charge in [0.05, 0.1) is 13.7 Å². The van der Waals surface area contributed by atoms with Crippen molar-refractivity contribution in [2.75, 3.05) is 19.5 Å². The number of rotatable bonds is 6. The van der Waals surface area contributed by atoms with Crippen molar-refractivity contribution in [3.63, 3.8) is 0 Å². The maximum atomic E-state index is 10.5. The van der Waals surface area contributed by atoms with Crippen LogP contribution in [0.3, 0.4) is 0 Å². The monoisotopic (exact) mass is 243 g/mol. The fraction of sp³-hybridized carbons (Fsp3) is 0.455. The molecule has 1 aromatic rings. The first-order chi connectivity index (χ1) is 7.67. The highest BCUT2D eigenvalue weighted by Gasteiger charge is 2.04. The molecular formula is C11H15O4S-. The van der Waals surface area contributed by atoms with Crippen molar-refractivity contribution < 1.29 is 18.2 Å². The van der Waals surface area contributed by atoms with Crippen molar-refractivity contribution in [3.8, 4) is 11.5 Å². The third kappa shape index (κ3) is 3.83. The van der Waals surface area contributed by atoms with Gasteiger partial charge in [0.1, 0.15) is 0 Å². The highest BCUT2D eigenvalue weighted by Crippen LogP contribution is 2.28. The topological polar surface area (TPSA) is 58.6 Å². The molecule has 1 unspecified atom stereocenters. The lowest BCUT2D eigenvalue weighted by Crippen LogP contribution is -2.01. The van der Waals surface area contributed by atoms with Crippen LogP contribution < -0.4 is 9.47 Å². The van der Waals surface area contributed by atoms with Crippen LogP contribution in [0.4, 0.5) is 0 Å². The third-order valence-electron chi connectivity index (χ3n) is 2.09. The van der Waals surface area contributed by atoms with Gasteiger partial charge in [0.15, 0.2) is 11.5 Å². The zero-order chi connectivity index (χ0) is 12.0. The van der Waals surface area contributed by atoms with E-state index in [1.165, 1.54) is 0 Å². The molecule has 0 amide bonds. The Bertz CT molecular complexity index is 365. The van der Waals surface area contributed by atoms with E-state index in [0.717, 1.165) is 5.56 Å². The van der Waals surface area contributed by atoms with E-state index < -0.39 is 11.1 Å². The fourth-order valence-electron chi connectivity index (χ4n) is 1.35. The molecule has 0 N–H and O–H groups in total. The largest absolute Gasteiger partial charge is 0.772 e. The maximum Gasteiger partial charge on any atom is 0.161 e. The summed E-state index contributed by atoms with van der Waals surface area (Å²) in [6.07, 6.45) is 0.486. The summed E-state index contributed by atoms with van der Waals surface area (Å²) in [6.45, 7) is 2.44. The van der Waals surface area contributed by atoms with Crippen molar-refractivity contribution >= 4 is 11.1 Å². The van der Waals surface area contributed by atoms with Gasteiger partial charge >= 0.3 is 0 Å². The standard InChI is InChI=1S/C11H16O4S/c1-3-15-11-8-9(6-7-16(12)13)4-5-10(11)14-2/h4-5,8H,3,6-7H2,1-2H3,(H,12,13)/p-1. The molecule has 0 aromatic heterocycles. The molecule has 1 aromatic carbocycles. The number of aryl methyl sites for hydroxylation is 1. The second-order valence-corrected chi connectivity index (χ2v) is 4.19. The van der Waals surface area contributed by atoms with Gasteiger partial charge in [0, 0.05) is 5.75 Å². The van der Waals surface area contributed by atoms with E-state index in [1.807, 2.05) is 19.1 Å². The minimum Gasteiger partial charge on any atom is -0.772 e. The summed E-state index contributed by atoms with van der Waals surface area (Å²) >= 11 is -2.01. The average molecular weight is 243 g/mol. The van der Waals surface area contributed by atoms with Crippen LogP contribution in [0, 0.1) is 0 Å². The Morgan fingerprint density at radius 3 is 2.69 bits per heavy atom. The van der Waals surface area contributed by atoms with E-state index in [1.54, 1.807) is 13.2 Å². The Balaban J connectivity index is 2.79. The van der Waals surface area contributed by atoms with Crippen LogP contribution in [0.2, 0.25) is 0 Å². The van der Waals surface area contributed by atoms with Crippen LogP contribution >= 0.6 is 0 Å². The molecule has 4 nitrogen and oxygen atoms in total. The molecule has 1 atom stereocenters. The predicted octanol–water partition coefficient (Wildman–Crippen LogP) is 1.52. The Hall–Kier alpha value is -1.07. The number of hydrogen-bond acceptors (Lipinski definition) is 4. The van der Waals surface area contributed by atoms with Crippen molar-refractivity contribution in [2.45, 2.75) is 13.3 Å². The summed E-state index contributed by atoms with van der Waals surface area (Å²) in [4.78, 5) is 0. The predicted molar refractivity (Wildman–Crippen MR) is 61.7 cm³/mol. The zero-order valence-electron chi connectivity index (χ0n) is 9.39. The summed E-state index contributed by atoms with van der Waals surface area (Å²) in [5, 5.41) is 0. The zero-order valence-corrected chi connectivity index (χ0v) is 10.2. The lowest BCUT2D eigenvalue weighted by Gasteiger charge is -2.11. The molecule has 0 heterocycles. The third-order valence-corrected chi connectivity index (χ3v) is 2.62. The van der Waals surface area contributed by atoms with E-state index in [4.69, 9.17) is 9.47 Å². The van der Waals surface area contributed by atoms with Crippen molar-refractivity contribution in [1.82, 2.24) is 0 Å². The molecule has 1 rings (SSSR count). The van der Waals surface area contributed by atoms with Crippen LogP contribution in [0.5, 0.6) is 11.5 Å². The van der Waals surface area contributed by atoms with Gasteiger partial charge in [-0.05, 0) is 31.0 Å². The van der Waals surface area contributed by atoms with E-state index in [2.05, 4.69) is 0 Å². The molecule has 0 aliphatic heterocycles. The van der Waals surface area contributed by atoms with Gasteiger partial charge in [-0.1, -0.05) is 17.1 Å². The molecule has 0 radical (unpaired) electrons. The molecule has 0 fully saturated rings.